The molecule has 1 aromatic heterocycles. The third-order valence-corrected chi connectivity index (χ3v) is 4.61. The molecule has 0 aliphatic heterocycles. The van der Waals surface area contributed by atoms with E-state index in [0.717, 1.165) is 48.3 Å². The average molecular weight is 510 g/mol. The topological polar surface area (TPSA) is 86.7 Å². The third kappa shape index (κ3) is 16.4. The summed E-state index contributed by atoms with van der Waals surface area (Å²) in [5.41, 5.74) is 4.82. The molecule has 3 rings (SSSR count). The minimum Gasteiger partial charge on any atom is -0.388 e. The maximum atomic E-state index is 12.5. The van der Waals surface area contributed by atoms with Crippen molar-refractivity contribution in [2.24, 2.45) is 4.99 Å². The number of nitrogens with one attached hydrogen (secondary N) is 2. The first-order valence-electron chi connectivity index (χ1n) is 11.8. The van der Waals surface area contributed by atoms with E-state index in [0.29, 0.717) is 5.56 Å². The van der Waals surface area contributed by atoms with Crippen molar-refractivity contribution in [2.45, 2.75) is 20.8 Å². The number of hydrogen-bond acceptors (Lipinski definition) is 7. The number of hydrogen-bond donors (Lipinski definition) is 2. The van der Waals surface area contributed by atoms with Crippen molar-refractivity contribution < 1.29 is 14.0 Å². The van der Waals surface area contributed by atoms with Gasteiger partial charge in [0, 0.05) is 44.3 Å². The van der Waals surface area contributed by atoms with E-state index in [9.17, 15) is 9.18 Å². The predicted octanol–water partition coefficient (Wildman–Crippen LogP) is 5.29. The van der Waals surface area contributed by atoms with Gasteiger partial charge in [0.1, 0.15) is 24.2 Å². The Hall–Kier alpha value is -3.91. The first-order valence-corrected chi connectivity index (χ1v) is 11.8. The Morgan fingerprint density at radius 3 is 2.03 bits per heavy atom. The van der Waals surface area contributed by atoms with Gasteiger partial charge in [-0.25, -0.2) is 9.37 Å². The van der Waals surface area contributed by atoms with Crippen LogP contribution in [0.25, 0.3) is 0 Å². The first kappa shape index (κ1) is 33.1. The van der Waals surface area contributed by atoms with E-state index in [1.165, 1.54) is 24.6 Å². The zero-order valence-corrected chi connectivity index (χ0v) is 23.0. The van der Waals surface area contributed by atoms with E-state index in [-0.39, 0.29) is 5.82 Å². The number of pyridine rings is 1. The molecule has 200 valence electrons. The van der Waals surface area contributed by atoms with Gasteiger partial charge < -0.3 is 20.3 Å². The lowest BCUT2D eigenvalue weighted by atomic mass is 10.2. The molecule has 0 amide bonds. The summed E-state index contributed by atoms with van der Waals surface area (Å²) in [5.74, 6) is 0.733. The Morgan fingerprint density at radius 2 is 1.57 bits per heavy atom. The van der Waals surface area contributed by atoms with E-state index >= 15 is 0 Å². The summed E-state index contributed by atoms with van der Waals surface area (Å²) >= 11 is 0. The molecular weight excluding hydrogens is 469 g/mol. The minimum atomic E-state index is -0.184. The predicted molar refractivity (Wildman–Crippen MR) is 154 cm³/mol. The van der Waals surface area contributed by atoms with Crippen LogP contribution in [-0.2, 0) is 4.79 Å². The number of anilines is 2. The van der Waals surface area contributed by atoms with E-state index in [1.54, 1.807) is 18.2 Å². The smallest absolute Gasteiger partial charge is 0.150 e. The van der Waals surface area contributed by atoms with Crippen molar-refractivity contribution in [1.29, 1.82) is 0 Å². The Labute approximate surface area is 220 Å². The van der Waals surface area contributed by atoms with Crippen molar-refractivity contribution in [3.8, 4) is 0 Å². The molecule has 0 aliphatic carbocycles. The number of carbonyl (C=O) groups is 2. The molecule has 0 fully saturated rings. The zero-order valence-electron chi connectivity index (χ0n) is 23.0. The Kier molecular flexibility index (Phi) is 18.2. The number of aliphatic imine (C=N–C) groups is 1. The molecule has 0 spiro atoms. The van der Waals surface area contributed by atoms with Crippen LogP contribution in [-0.4, -0.2) is 70.0 Å². The van der Waals surface area contributed by atoms with Gasteiger partial charge >= 0.3 is 0 Å². The Morgan fingerprint density at radius 1 is 0.946 bits per heavy atom. The fraction of sp³-hybridized carbons (Fsp3) is 0.310. The van der Waals surface area contributed by atoms with Crippen LogP contribution in [0.3, 0.4) is 0 Å². The third-order valence-electron chi connectivity index (χ3n) is 4.61. The van der Waals surface area contributed by atoms with E-state index in [2.05, 4.69) is 25.5 Å². The number of aromatic nitrogens is 1. The van der Waals surface area contributed by atoms with Gasteiger partial charge in [-0.15, -0.1) is 0 Å². The van der Waals surface area contributed by atoms with Crippen molar-refractivity contribution in [1.82, 2.24) is 9.88 Å². The largest absolute Gasteiger partial charge is 0.388 e. The quantitative estimate of drug-likeness (QED) is 0.332. The van der Waals surface area contributed by atoms with Crippen LogP contribution in [0, 0.1) is 19.7 Å². The molecule has 2 N–H and O–H groups in total. The number of rotatable bonds is 7. The van der Waals surface area contributed by atoms with Gasteiger partial charge in [0.15, 0.2) is 0 Å². The highest BCUT2D eigenvalue weighted by Gasteiger charge is 1.95. The van der Waals surface area contributed by atoms with Gasteiger partial charge in [0.2, 0.25) is 0 Å². The number of aldehydes is 2. The molecule has 8 heteroatoms. The normalized spacial score (nSPS) is 9.65. The summed E-state index contributed by atoms with van der Waals surface area (Å²) < 4.78 is 12.5. The second-order valence-corrected chi connectivity index (χ2v) is 8.04. The molecule has 1 heterocycles. The van der Waals surface area contributed by atoms with Crippen molar-refractivity contribution in [3.63, 3.8) is 0 Å². The molecule has 0 radical (unpaired) electrons. The standard InChI is InChI=1S/C12H16N2O.C8H10FN.C7H10N2.C2H4O/c1-14(2)8-7-13-9-11-3-5-12(10-15)6-4-11;1-6-5-7(9)3-4-8(6)10-2;1-6-3-4-7(8-2)9-5-6;1-2-3/h3-6,9-10H,7-8H2,1-2H3;3-5,10H,1-2H3;3-5H,1-2H3,(H,8,9);2H,1H3. The lowest BCUT2D eigenvalue weighted by Crippen LogP contribution is -2.15. The molecule has 0 bridgehead atoms. The van der Waals surface area contributed by atoms with Gasteiger partial charge in [-0.2, -0.15) is 0 Å². The maximum absolute atomic E-state index is 12.5. The van der Waals surface area contributed by atoms with Gasteiger partial charge in [-0.05, 0) is 75.8 Å². The molecule has 0 unspecified atom stereocenters. The van der Waals surface area contributed by atoms with E-state index in [1.807, 2.05) is 78.7 Å². The summed E-state index contributed by atoms with van der Waals surface area (Å²) in [6.45, 7) is 7.08. The fourth-order valence-corrected chi connectivity index (χ4v) is 2.61. The second kappa shape index (κ2) is 20.3. The SMILES string of the molecule is CC=O.CN(C)CCN=Cc1ccc(C=O)cc1.CNc1ccc(C)cn1.CNc1ccc(F)cc1C. The molecule has 0 saturated heterocycles. The number of benzene rings is 2. The Bertz CT molecular complexity index is 1050. The van der Waals surface area contributed by atoms with Gasteiger partial charge in [-0.1, -0.05) is 30.3 Å². The average Bonchev–Trinajstić information content (AvgIpc) is 2.89. The number of nitrogens with zero attached hydrogens (tertiary/aromatic N) is 3. The van der Waals surface area contributed by atoms with Crippen LogP contribution >= 0.6 is 0 Å². The Balaban J connectivity index is 0.000000516. The number of likely N-dealkylation sites (N-methyl/N-ethyl adjacent to an activating group) is 1. The van der Waals surface area contributed by atoms with Gasteiger partial charge in [0.05, 0.1) is 6.54 Å². The highest BCUT2D eigenvalue weighted by Crippen LogP contribution is 2.14. The summed E-state index contributed by atoms with van der Waals surface area (Å²) in [6, 6.07) is 16.0. The van der Waals surface area contributed by atoms with Gasteiger partial charge in [0.25, 0.3) is 0 Å². The molecule has 0 saturated carbocycles. The summed E-state index contributed by atoms with van der Waals surface area (Å²) in [7, 11) is 7.72. The second-order valence-electron chi connectivity index (χ2n) is 8.04. The number of carbonyl (C=O) groups excluding carboxylic acids is 2. The molecule has 37 heavy (non-hydrogen) atoms. The van der Waals surface area contributed by atoms with Crippen molar-refractivity contribution in [3.05, 3.63) is 88.9 Å². The minimum absolute atomic E-state index is 0.184. The first-order chi connectivity index (χ1) is 17.7. The molecular formula is C29H40FN5O2. The molecule has 0 atom stereocenters. The lowest BCUT2D eigenvalue weighted by Gasteiger charge is -2.05. The van der Waals surface area contributed by atoms with E-state index in [4.69, 9.17) is 4.79 Å². The number of aryl methyl sites for hydroxylation is 2. The lowest BCUT2D eigenvalue weighted by molar-refractivity contribution is -0.106. The van der Waals surface area contributed by atoms with Crippen molar-refractivity contribution in [2.75, 3.05) is 51.9 Å². The molecule has 2 aromatic carbocycles. The van der Waals surface area contributed by atoms with Gasteiger partial charge in [-0.3, -0.25) is 9.79 Å². The highest BCUT2D eigenvalue weighted by molar-refractivity contribution is 5.82. The summed E-state index contributed by atoms with van der Waals surface area (Å²) in [6.07, 6.45) is 5.26. The summed E-state index contributed by atoms with van der Waals surface area (Å²) in [5, 5.41) is 5.90. The van der Waals surface area contributed by atoms with Crippen LogP contribution in [0.5, 0.6) is 0 Å². The van der Waals surface area contributed by atoms with Crippen LogP contribution in [0.4, 0.5) is 15.9 Å². The van der Waals surface area contributed by atoms with Crippen LogP contribution in [0.15, 0.2) is 65.8 Å². The molecule has 7 nitrogen and oxygen atoms in total. The van der Waals surface area contributed by atoms with Crippen LogP contribution in [0.2, 0.25) is 0 Å². The van der Waals surface area contributed by atoms with Crippen LogP contribution in [0.1, 0.15) is 34.0 Å². The monoisotopic (exact) mass is 509 g/mol. The number of halogens is 1. The fourth-order valence-electron chi connectivity index (χ4n) is 2.61. The summed E-state index contributed by atoms with van der Waals surface area (Å²) in [4.78, 5) is 29.7. The van der Waals surface area contributed by atoms with Crippen LogP contribution < -0.4 is 10.6 Å². The van der Waals surface area contributed by atoms with E-state index < -0.39 is 0 Å². The molecule has 0 aliphatic rings. The highest BCUT2D eigenvalue weighted by atomic mass is 19.1. The van der Waals surface area contributed by atoms with Crippen molar-refractivity contribution >= 4 is 30.3 Å². The maximum Gasteiger partial charge on any atom is 0.150 e. The zero-order chi connectivity index (χ0) is 28.1. The molecule has 3 aromatic rings.